The molecule has 0 saturated heterocycles. The maximum absolute atomic E-state index is 13.0. The molecule has 2 aromatic rings. The van der Waals surface area contributed by atoms with Crippen LogP contribution >= 0.6 is 0 Å². The highest BCUT2D eigenvalue weighted by molar-refractivity contribution is 6.21. The van der Waals surface area contributed by atoms with Gasteiger partial charge in [-0.05, 0) is 25.1 Å². The van der Waals surface area contributed by atoms with Gasteiger partial charge in [0.15, 0.2) is 11.5 Å². The van der Waals surface area contributed by atoms with Crippen LogP contribution in [0.1, 0.15) is 44.3 Å². The highest BCUT2D eigenvalue weighted by atomic mass is 16.6. The number of carboxylic acid groups (broad SMARTS) is 1. The van der Waals surface area contributed by atoms with Gasteiger partial charge in [0.2, 0.25) is 0 Å². The summed E-state index contributed by atoms with van der Waals surface area (Å²) in [4.78, 5) is 49.3. The molecule has 4 rings (SSSR count). The quantitative estimate of drug-likeness (QED) is 0.449. The first-order chi connectivity index (χ1) is 14.3. The first kappa shape index (κ1) is 19.4. The summed E-state index contributed by atoms with van der Waals surface area (Å²) in [6, 6.07) is 5.68. The average molecular weight is 412 g/mol. The molecule has 10 heteroatoms. The number of hydrogen-bond acceptors (Lipinski definition) is 7. The molecular formula is C20H16N2O8. The monoisotopic (exact) mass is 412 g/mol. The topological polar surface area (TPSA) is 136 Å². The number of fused-ring (bicyclic) bond motifs is 2. The van der Waals surface area contributed by atoms with Gasteiger partial charge in [0.25, 0.3) is 17.5 Å². The number of nitro groups is 1. The number of hydrogen-bond donors (Lipinski definition) is 1. The second-order valence-electron chi connectivity index (χ2n) is 6.95. The van der Waals surface area contributed by atoms with Gasteiger partial charge in [0, 0.05) is 0 Å². The molecule has 2 aromatic carbocycles. The predicted octanol–water partition coefficient (Wildman–Crippen LogP) is 2.49. The normalized spacial score (nSPS) is 15.7. The van der Waals surface area contributed by atoms with E-state index in [-0.39, 0.29) is 41.4 Å². The number of imide groups is 1. The van der Waals surface area contributed by atoms with E-state index in [1.165, 1.54) is 18.2 Å². The summed E-state index contributed by atoms with van der Waals surface area (Å²) >= 11 is 0. The highest BCUT2D eigenvalue weighted by Crippen LogP contribution is 2.43. The number of aryl methyl sites for hydroxylation is 1. The lowest BCUT2D eigenvalue weighted by molar-refractivity contribution is -0.386. The Morgan fingerprint density at radius 2 is 1.77 bits per heavy atom. The molecule has 0 radical (unpaired) electrons. The molecule has 10 nitrogen and oxygen atoms in total. The van der Waals surface area contributed by atoms with E-state index in [9.17, 15) is 29.6 Å². The molecule has 0 saturated carbocycles. The van der Waals surface area contributed by atoms with E-state index in [2.05, 4.69) is 0 Å². The number of carbonyl (C=O) groups excluding carboxylic acids is 2. The van der Waals surface area contributed by atoms with Gasteiger partial charge in [-0.1, -0.05) is 11.6 Å². The van der Waals surface area contributed by atoms with Crippen molar-refractivity contribution in [3.63, 3.8) is 0 Å². The van der Waals surface area contributed by atoms with Crippen LogP contribution in [0.25, 0.3) is 0 Å². The lowest BCUT2D eigenvalue weighted by Crippen LogP contribution is -2.35. The molecule has 2 aliphatic heterocycles. The van der Waals surface area contributed by atoms with Gasteiger partial charge >= 0.3 is 5.97 Å². The Bertz CT molecular complexity index is 1110. The Kier molecular flexibility index (Phi) is 4.61. The van der Waals surface area contributed by atoms with Crippen LogP contribution in [0.3, 0.4) is 0 Å². The van der Waals surface area contributed by atoms with E-state index in [0.717, 1.165) is 16.5 Å². The third kappa shape index (κ3) is 3.11. The van der Waals surface area contributed by atoms with Crippen molar-refractivity contribution in [3.8, 4) is 11.5 Å². The summed E-state index contributed by atoms with van der Waals surface area (Å²) in [6.07, 6.45) is -0.703. The number of ether oxygens (including phenoxy) is 2. The average Bonchev–Trinajstić information content (AvgIpc) is 2.94. The van der Waals surface area contributed by atoms with E-state index in [0.29, 0.717) is 0 Å². The van der Waals surface area contributed by atoms with Gasteiger partial charge in [0.05, 0.1) is 40.1 Å². The van der Waals surface area contributed by atoms with Gasteiger partial charge in [0.1, 0.15) is 13.2 Å². The summed E-state index contributed by atoms with van der Waals surface area (Å²) in [5.74, 6) is -2.40. The maximum atomic E-state index is 13.0. The van der Waals surface area contributed by atoms with Crippen LogP contribution in [-0.4, -0.2) is 45.9 Å². The lowest BCUT2D eigenvalue weighted by Gasteiger charge is -2.27. The fourth-order valence-electron chi connectivity index (χ4n) is 3.68. The molecule has 1 unspecified atom stereocenters. The summed E-state index contributed by atoms with van der Waals surface area (Å²) in [6.45, 7) is 2.17. The number of amides is 2. The Labute approximate surface area is 169 Å². The molecule has 0 aromatic heterocycles. The molecule has 2 aliphatic rings. The van der Waals surface area contributed by atoms with Crippen molar-refractivity contribution in [1.29, 1.82) is 0 Å². The largest absolute Gasteiger partial charge is 0.486 e. The van der Waals surface area contributed by atoms with Crippen LogP contribution in [0, 0.1) is 17.0 Å². The molecule has 1 N–H and O–H groups in total. The summed E-state index contributed by atoms with van der Waals surface area (Å²) < 4.78 is 10.8. The van der Waals surface area contributed by atoms with Crippen molar-refractivity contribution in [2.75, 3.05) is 13.2 Å². The van der Waals surface area contributed by atoms with E-state index in [4.69, 9.17) is 9.47 Å². The Morgan fingerprint density at radius 1 is 1.13 bits per heavy atom. The second-order valence-corrected chi connectivity index (χ2v) is 6.95. The minimum Gasteiger partial charge on any atom is -0.486 e. The zero-order valence-electron chi connectivity index (χ0n) is 15.8. The Hall–Kier alpha value is -3.95. The molecule has 154 valence electrons. The number of nitrogens with zero attached hydrogens (tertiary/aromatic N) is 2. The minimum atomic E-state index is -1.40. The fourth-order valence-corrected chi connectivity index (χ4v) is 3.68. The molecule has 0 fully saturated rings. The second kappa shape index (κ2) is 7.14. The number of rotatable bonds is 5. The van der Waals surface area contributed by atoms with Gasteiger partial charge in [-0.3, -0.25) is 29.4 Å². The lowest BCUT2D eigenvalue weighted by atomic mass is 9.99. The van der Waals surface area contributed by atoms with Crippen molar-refractivity contribution in [2.24, 2.45) is 0 Å². The SMILES string of the molecule is Cc1ccc2c(c1)C(=O)N(C(CC(=O)O)c1cc3c(cc1[N+](=O)[O-])OCCO3)C2=O. The van der Waals surface area contributed by atoms with Gasteiger partial charge in [-0.25, -0.2) is 0 Å². The Balaban J connectivity index is 1.87. The van der Waals surface area contributed by atoms with Crippen LogP contribution in [0.4, 0.5) is 5.69 Å². The van der Waals surface area contributed by atoms with E-state index >= 15 is 0 Å². The number of aliphatic carboxylic acids is 1. The number of carboxylic acids is 1. The molecular weight excluding hydrogens is 396 g/mol. The van der Waals surface area contributed by atoms with E-state index in [1.54, 1.807) is 13.0 Å². The third-order valence-corrected chi connectivity index (χ3v) is 5.00. The number of carbonyl (C=O) groups is 3. The van der Waals surface area contributed by atoms with E-state index in [1.807, 2.05) is 0 Å². The fraction of sp³-hybridized carbons (Fsp3) is 0.250. The summed E-state index contributed by atoms with van der Waals surface area (Å²) in [5, 5.41) is 21.1. The van der Waals surface area contributed by atoms with Crippen molar-refractivity contribution in [2.45, 2.75) is 19.4 Å². The van der Waals surface area contributed by atoms with Crippen molar-refractivity contribution in [1.82, 2.24) is 4.90 Å². The first-order valence-electron chi connectivity index (χ1n) is 9.06. The molecule has 2 heterocycles. The summed E-state index contributed by atoms with van der Waals surface area (Å²) in [5.41, 5.74) is 0.435. The molecule has 1 atom stereocenters. The standard InChI is InChI=1S/C20H16N2O8/c1-10-2-3-11-12(6-10)20(26)21(19(11)25)14(9-18(23)24)13-7-16-17(30-5-4-29-16)8-15(13)22(27)28/h2-3,6-8,14H,4-5,9H2,1H3,(H,23,24). The smallest absolute Gasteiger partial charge is 0.305 e. The number of benzene rings is 2. The van der Waals surface area contributed by atoms with Crippen LogP contribution in [0.2, 0.25) is 0 Å². The molecule has 2 amide bonds. The van der Waals surface area contributed by atoms with Crippen LogP contribution < -0.4 is 9.47 Å². The molecule has 0 aliphatic carbocycles. The van der Waals surface area contributed by atoms with Crippen molar-refractivity contribution < 1.29 is 33.9 Å². The molecule has 30 heavy (non-hydrogen) atoms. The molecule has 0 bridgehead atoms. The number of nitro benzene ring substituents is 1. The van der Waals surface area contributed by atoms with Gasteiger partial charge < -0.3 is 14.6 Å². The van der Waals surface area contributed by atoms with E-state index < -0.39 is 40.9 Å². The molecule has 0 spiro atoms. The first-order valence-corrected chi connectivity index (χ1v) is 9.06. The highest BCUT2D eigenvalue weighted by Gasteiger charge is 2.44. The summed E-state index contributed by atoms with van der Waals surface area (Å²) in [7, 11) is 0. The van der Waals surface area contributed by atoms with Crippen molar-refractivity contribution >= 4 is 23.5 Å². The maximum Gasteiger partial charge on any atom is 0.305 e. The van der Waals surface area contributed by atoms with Gasteiger partial charge in [-0.2, -0.15) is 0 Å². The van der Waals surface area contributed by atoms with Crippen LogP contribution in [-0.2, 0) is 4.79 Å². The van der Waals surface area contributed by atoms with Crippen LogP contribution in [0.15, 0.2) is 30.3 Å². The van der Waals surface area contributed by atoms with Gasteiger partial charge in [-0.15, -0.1) is 0 Å². The third-order valence-electron chi connectivity index (χ3n) is 5.00. The minimum absolute atomic E-state index is 0.113. The predicted molar refractivity (Wildman–Crippen MR) is 101 cm³/mol. The zero-order chi connectivity index (χ0) is 21.6. The zero-order valence-corrected chi connectivity index (χ0v) is 15.8. The Morgan fingerprint density at radius 3 is 2.40 bits per heavy atom. The van der Waals surface area contributed by atoms with Crippen LogP contribution in [0.5, 0.6) is 11.5 Å². The van der Waals surface area contributed by atoms with Crippen molar-refractivity contribution in [3.05, 3.63) is 62.7 Å².